The Labute approximate surface area is 159 Å². The Morgan fingerprint density at radius 2 is 1.85 bits per heavy atom. The lowest BCUT2D eigenvalue weighted by molar-refractivity contribution is 0.0931. The van der Waals surface area contributed by atoms with Crippen molar-refractivity contribution in [2.75, 3.05) is 7.11 Å². The van der Waals surface area contributed by atoms with E-state index in [0.29, 0.717) is 11.5 Å². The number of amides is 1. The normalized spacial score (nSPS) is 14.8. The minimum atomic E-state index is -0.0591. The summed E-state index contributed by atoms with van der Waals surface area (Å²) in [5.41, 5.74) is 4.60. The van der Waals surface area contributed by atoms with Crippen molar-refractivity contribution < 1.29 is 9.53 Å². The average molecular weight is 360 g/mol. The number of aryl methyl sites for hydroxylation is 2. The lowest BCUT2D eigenvalue weighted by Crippen LogP contribution is -2.30. The fraction of sp³-hybridized carbons (Fsp3) is 0.304. The molecule has 2 aromatic carbocycles. The van der Waals surface area contributed by atoms with Crippen LogP contribution in [0.4, 0.5) is 0 Å². The van der Waals surface area contributed by atoms with Crippen LogP contribution in [-0.2, 0) is 0 Å². The van der Waals surface area contributed by atoms with E-state index >= 15 is 0 Å². The van der Waals surface area contributed by atoms with E-state index in [0.717, 1.165) is 46.3 Å². The number of ether oxygens (including phenoxy) is 1. The summed E-state index contributed by atoms with van der Waals surface area (Å²) in [7, 11) is 1.66. The van der Waals surface area contributed by atoms with Crippen molar-refractivity contribution in [3.8, 4) is 5.75 Å². The summed E-state index contributed by atoms with van der Waals surface area (Å²) in [6, 6.07) is 16.1. The number of nitrogens with one attached hydrogen (secondary N) is 1. The van der Waals surface area contributed by atoms with Gasteiger partial charge in [-0.05, 0) is 68.5 Å². The van der Waals surface area contributed by atoms with Crippen molar-refractivity contribution in [1.29, 1.82) is 0 Å². The van der Waals surface area contributed by atoms with Gasteiger partial charge >= 0.3 is 0 Å². The van der Waals surface area contributed by atoms with E-state index in [-0.39, 0.29) is 11.9 Å². The Bertz CT molecular complexity index is 991. The zero-order chi connectivity index (χ0) is 19.0. The highest BCUT2D eigenvalue weighted by molar-refractivity contribution is 5.99. The van der Waals surface area contributed by atoms with E-state index in [1.54, 1.807) is 7.11 Å². The first-order valence-electron chi connectivity index (χ1n) is 9.38. The number of nitrogens with zero attached hydrogens (tertiary/aromatic N) is 1. The van der Waals surface area contributed by atoms with Gasteiger partial charge in [-0.2, -0.15) is 0 Å². The van der Waals surface area contributed by atoms with Crippen molar-refractivity contribution in [2.24, 2.45) is 5.92 Å². The Kier molecular flexibility index (Phi) is 4.56. The largest absolute Gasteiger partial charge is 0.497 e. The number of hydrogen-bond donors (Lipinski definition) is 1. The zero-order valence-corrected chi connectivity index (χ0v) is 16.0. The van der Waals surface area contributed by atoms with E-state index in [2.05, 4.69) is 16.4 Å². The van der Waals surface area contributed by atoms with Crippen LogP contribution in [0.1, 0.15) is 46.1 Å². The van der Waals surface area contributed by atoms with Gasteiger partial charge in [0.05, 0.1) is 29.9 Å². The van der Waals surface area contributed by atoms with Gasteiger partial charge in [0, 0.05) is 5.39 Å². The fourth-order valence-corrected chi connectivity index (χ4v) is 3.56. The minimum absolute atomic E-state index is 0.0241. The van der Waals surface area contributed by atoms with E-state index in [1.807, 2.05) is 56.3 Å². The van der Waals surface area contributed by atoms with Crippen molar-refractivity contribution in [3.05, 3.63) is 70.9 Å². The van der Waals surface area contributed by atoms with Gasteiger partial charge in [-0.1, -0.05) is 23.8 Å². The topological polar surface area (TPSA) is 51.2 Å². The maximum atomic E-state index is 13.1. The number of pyridine rings is 1. The minimum Gasteiger partial charge on any atom is -0.497 e. The number of fused-ring (bicyclic) bond motifs is 1. The number of benzene rings is 2. The predicted molar refractivity (Wildman–Crippen MR) is 107 cm³/mol. The van der Waals surface area contributed by atoms with Crippen LogP contribution in [0.3, 0.4) is 0 Å². The first-order chi connectivity index (χ1) is 13.0. The SMILES string of the molecule is COc1ccc(C(NC(=O)c2cc3cc(C)ccc3nc2C)C2CC2)cc1. The molecular formula is C23H24N2O2. The first-order valence-corrected chi connectivity index (χ1v) is 9.38. The average Bonchev–Trinajstić information content (AvgIpc) is 3.51. The molecule has 1 heterocycles. The third-order valence-electron chi connectivity index (χ3n) is 5.26. The number of aromatic nitrogens is 1. The predicted octanol–water partition coefficient (Wildman–Crippen LogP) is 4.74. The van der Waals surface area contributed by atoms with Crippen molar-refractivity contribution in [1.82, 2.24) is 10.3 Å². The van der Waals surface area contributed by atoms with Crippen LogP contribution in [0.25, 0.3) is 10.9 Å². The molecule has 0 aliphatic heterocycles. The summed E-state index contributed by atoms with van der Waals surface area (Å²) in [6.07, 6.45) is 2.29. The molecule has 1 aliphatic carbocycles. The molecule has 138 valence electrons. The third-order valence-corrected chi connectivity index (χ3v) is 5.26. The number of rotatable bonds is 5. The van der Waals surface area contributed by atoms with E-state index < -0.39 is 0 Å². The standard InChI is InChI=1S/C23H24N2O2/c1-14-4-11-21-18(12-14)13-20(15(2)24-21)23(26)25-22(16-5-6-16)17-7-9-19(27-3)10-8-17/h4,7-13,16,22H,5-6H2,1-3H3,(H,25,26). The van der Waals surface area contributed by atoms with Crippen molar-refractivity contribution in [3.63, 3.8) is 0 Å². The molecule has 1 aromatic heterocycles. The lowest BCUT2D eigenvalue weighted by Gasteiger charge is -2.20. The smallest absolute Gasteiger partial charge is 0.253 e. The van der Waals surface area contributed by atoms with Gasteiger partial charge in [0.25, 0.3) is 5.91 Å². The van der Waals surface area contributed by atoms with Gasteiger partial charge in [-0.3, -0.25) is 9.78 Å². The van der Waals surface area contributed by atoms with Crippen LogP contribution in [-0.4, -0.2) is 18.0 Å². The molecule has 1 atom stereocenters. The van der Waals surface area contributed by atoms with Gasteiger partial charge in [-0.15, -0.1) is 0 Å². The number of methoxy groups -OCH3 is 1. The summed E-state index contributed by atoms with van der Waals surface area (Å²) >= 11 is 0. The quantitative estimate of drug-likeness (QED) is 0.715. The van der Waals surface area contributed by atoms with E-state index in [4.69, 9.17) is 4.74 Å². The molecule has 0 bridgehead atoms. The number of carbonyl (C=O) groups is 1. The molecule has 0 spiro atoms. The molecule has 27 heavy (non-hydrogen) atoms. The summed E-state index contributed by atoms with van der Waals surface area (Å²) in [6.45, 7) is 3.94. The summed E-state index contributed by atoms with van der Waals surface area (Å²) in [5, 5.41) is 4.25. The summed E-state index contributed by atoms with van der Waals surface area (Å²) in [4.78, 5) is 17.7. The highest BCUT2D eigenvalue weighted by Crippen LogP contribution is 2.41. The van der Waals surface area contributed by atoms with Gasteiger partial charge < -0.3 is 10.1 Å². The molecule has 0 radical (unpaired) electrons. The highest BCUT2D eigenvalue weighted by atomic mass is 16.5. The zero-order valence-electron chi connectivity index (χ0n) is 16.0. The van der Waals surface area contributed by atoms with Gasteiger partial charge in [0.15, 0.2) is 0 Å². The summed E-state index contributed by atoms with van der Waals surface area (Å²) < 4.78 is 5.25. The number of hydrogen-bond acceptors (Lipinski definition) is 3. The van der Waals surface area contributed by atoms with Crippen LogP contribution in [0.2, 0.25) is 0 Å². The summed E-state index contributed by atoms with van der Waals surface area (Å²) in [5.74, 6) is 1.26. The molecule has 1 fully saturated rings. The van der Waals surface area contributed by atoms with E-state index in [1.165, 1.54) is 0 Å². The van der Waals surface area contributed by atoms with Crippen molar-refractivity contribution >= 4 is 16.8 Å². The maximum Gasteiger partial charge on any atom is 0.253 e. The molecule has 3 aromatic rings. The lowest BCUT2D eigenvalue weighted by atomic mass is 10.0. The second kappa shape index (κ2) is 7.03. The molecule has 4 heteroatoms. The molecule has 4 nitrogen and oxygen atoms in total. The Morgan fingerprint density at radius 1 is 1.11 bits per heavy atom. The first kappa shape index (κ1) is 17.5. The molecule has 1 aliphatic rings. The molecule has 4 rings (SSSR count). The molecule has 1 unspecified atom stereocenters. The van der Waals surface area contributed by atoms with Crippen LogP contribution in [0, 0.1) is 19.8 Å². The Hall–Kier alpha value is -2.88. The highest BCUT2D eigenvalue weighted by Gasteiger charge is 2.34. The molecule has 0 saturated heterocycles. The van der Waals surface area contributed by atoms with Crippen LogP contribution < -0.4 is 10.1 Å². The second-order valence-electron chi connectivity index (χ2n) is 7.38. The Balaban J connectivity index is 1.63. The van der Waals surface area contributed by atoms with Crippen LogP contribution >= 0.6 is 0 Å². The fourth-order valence-electron chi connectivity index (χ4n) is 3.56. The maximum absolute atomic E-state index is 13.1. The third kappa shape index (κ3) is 3.65. The van der Waals surface area contributed by atoms with Crippen LogP contribution in [0.15, 0.2) is 48.5 Å². The van der Waals surface area contributed by atoms with Crippen LogP contribution in [0.5, 0.6) is 5.75 Å². The second-order valence-corrected chi connectivity index (χ2v) is 7.38. The van der Waals surface area contributed by atoms with Gasteiger partial charge in [0.2, 0.25) is 0 Å². The Morgan fingerprint density at radius 3 is 2.52 bits per heavy atom. The monoisotopic (exact) mass is 360 g/mol. The van der Waals surface area contributed by atoms with Gasteiger partial charge in [0.1, 0.15) is 5.75 Å². The van der Waals surface area contributed by atoms with Crippen molar-refractivity contribution in [2.45, 2.75) is 32.7 Å². The molecule has 1 amide bonds. The molecule has 1 saturated carbocycles. The molecular weight excluding hydrogens is 336 g/mol. The van der Waals surface area contributed by atoms with E-state index in [9.17, 15) is 4.79 Å². The van der Waals surface area contributed by atoms with Gasteiger partial charge in [-0.25, -0.2) is 0 Å². The molecule has 1 N–H and O–H groups in total. The number of carbonyl (C=O) groups excluding carboxylic acids is 1.